The van der Waals surface area contributed by atoms with Crippen LogP contribution in [0.5, 0.6) is 0 Å². The Kier molecular flexibility index (Phi) is 4.94. The Bertz CT molecular complexity index is 509. The van der Waals surface area contributed by atoms with Crippen molar-refractivity contribution in [3.05, 3.63) is 71.8 Å². The molecule has 20 heavy (non-hydrogen) atoms. The van der Waals surface area contributed by atoms with Crippen molar-refractivity contribution in [3.8, 4) is 0 Å². The fourth-order valence-electron chi connectivity index (χ4n) is 2.56. The highest BCUT2D eigenvalue weighted by molar-refractivity contribution is 5.26. The molecule has 0 aromatic heterocycles. The predicted molar refractivity (Wildman–Crippen MR) is 83.3 cm³/mol. The summed E-state index contributed by atoms with van der Waals surface area (Å²) in [4.78, 5) is 0. The van der Waals surface area contributed by atoms with E-state index < -0.39 is 5.54 Å². The van der Waals surface area contributed by atoms with Crippen molar-refractivity contribution in [2.45, 2.75) is 25.9 Å². The summed E-state index contributed by atoms with van der Waals surface area (Å²) >= 11 is 0. The van der Waals surface area contributed by atoms with Crippen LogP contribution >= 0.6 is 0 Å². The zero-order valence-electron chi connectivity index (χ0n) is 12.2. The molecule has 0 bridgehead atoms. The third-order valence-corrected chi connectivity index (χ3v) is 3.97. The van der Waals surface area contributed by atoms with Crippen molar-refractivity contribution in [1.82, 2.24) is 5.32 Å². The zero-order valence-corrected chi connectivity index (χ0v) is 12.2. The number of aliphatic hydroxyl groups is 1. The number of rotatable bonds is 6. The van der Waals surface area contributed by atoms with Crippen LogP contribution in [0.1, 0.15) is 25.0 Å². The lowest BCUT2D eigenvalue weighted by Crippen LogP contribution is -2.49. The molecular formula is C18H23NO. The van der Waals surface area contributed by atoms with E-state index >= 15 is 0 Å². The molecule has 0 aliphatic carbocycles. The van der Waals surface area contributed by atoms with Gasteiger partial charge in [0, 0.05) is 6.54 Å². The Balaban J connectivity index is 2.24. The first-order valence-corrected chi connectivity index (χ1v) is 7.14. The third kappa shape index (κ3) is 3.09. The Morgan fingerprint density at radius 3 is 2.00 bits per heavy atom. The van der Waals surface area contributed by atoms with E-state index in [1.165, 1.54) is 5.56 Å². The molecule has 0 fully saturated rings. The number of nitrogens with one attached hydrogen (secondary N) is 1. The topological polar surface area (TPSA) is 32.3 Å². The minimum atomic E-state index is -0.406. The summed E-state index contributed by atoms with van der Waals surface area (Å²) in [6, 6.07) is 20.5. The molecule has 2 heteroatoms. The van der Waals surface area contributed by atoms with Gasteiger partial charge in [0.15, 0.2) is 0 Å². The Labute approximate surface area is 121 Å². The van der Waals surface area contributed by atoms with Gasteiger partial charge in [-0.25, -0.2) is 0 Å². The van der Waals surface area contributed by atoms with Crippen molar-refractivity contribution in [2.75, 3.05) is 6.61 Å². The van der Waals surface area contributed by atoms with Crippen LogP contribution < -0.4 is 5.32 Å². The summed E-state index contributed by atoms with van der Waals surface area (Å²) < 4.78 is 0. The van der Waals surface area contributed by atoms with Gasteiger partial charge < -0.3 is 10.4 Å². The molecule has 0 spiro atoms. The molecule has 1 atom stereocenters. The second-order valence-corrected chi connectivity index (χ2v) is 5.49. The third-order valence-electron chi connectivity index (χ3n) is 3.97. The van der Waals surface area contributed by atoms with E-state index in [2.05, 4.69) is 43.4 Å². The van der Waals surface area contributed by atoms with E-state index in [4.69, 9.17) is 0 Å². The summed E-state index contributed by atoms with van der Waals surface area (Å²) in [7, 11) is 0. The second kappa shape index (κ2) is 6.69. The summed E-state index contributed by atoms with van der Waals surface area (Å²) in [6.45, 7) is 5.11. The monoisotopic (exact) mass is 269 g/mol. The van der Waals surface area contributed by atoms with Crippen LogP contribution in [0, 0.1) is 5.92 Å². The van der Waals surface area contributed by atoms with Crippen LogP contribution in [0.15, 0.2) is 60.7 Å². The maximum atomic E-state index is 10.0. The van der Waals surface area contributed by atoms with Gasteiger partial charge in [0.2, 0.25) is 0 Å². The van der Waals surface area contributed by atoms with Gasteiger partial charge >= 0.3 is 0 Å². The fourth-order valence-corrected chi connectivity index (χ4v) is 2.56. The maximum Gasteiger partial charge on any atom is 0.0694 e. The minimum absolute atomic E-state index is 0.0848. The molecule has 0 aliphatic rings. The molecule has 0 saturated carbocycles. The molecule has 2 N–H and O–H groups in total. The van der Waals surface area contributed by atoms with Crippen LogP contribution in [0.2, 0.25) is 0 Å². The summed E-state index contributed by atoms with van der Waals surface area (Å²) in [5.41, 5.74) is 1.95. The van der Waals surface area contributed by atoms with Gasteiger partial charge in [-0.15, -0.1) is 0 Å². The van der Waals surface area contributed by atoms with Crippen molar-refractivity contribution in [1.29, 1.82) is 0 Å². The number of hydrogen-bond donors (Lipinski definition) is 2. The molecule has 0 heterocycles. The highest BCUT2D eigenvalue weighted by Gasteiger charge is 2.34. The standard InChI is InChI=1S/C18H23NO/c1-15(2)18(14-20,17-11-7-4-8-12-17)19-13-16-9-5-3-6-10-16/h3-12,15,19-20H,13-14H2,1-2H3. The van der Waals surface area contributed by atoms with Gasteiger partial charge in [0.25, 0.3) is 0 Å². The molecule has 1 unspecified atom stereocenters. The highest BCUT2D eigenvalue weighted by Crippen LogP contribution is 2.29. The van der Waals surface area contributed by atoms with Crippen LogP contribution in [0.4, 0.5) is 0 Å². The SMILES string of the molecule is CC(C)C(CO)(NCc1ccccc1)c1ccccc1. The van der Waals surface area contributed by atoms with Crippen LogP contribution in [-0.2, 0) is 12.1 Å². The molecule has 0 amide bonds. The zero-order chi connectivity index (χ0) is 14.4. The van der Waals surface area contributed by atoms with Crippen LogP contribution in [-0.4, -0.2) is 11.7 Å². The number of hydrogen-bond acceptors (Lipinski definition) is 2. The molecule has 2 nitrogen and oxygen atoms in total. The van der Waals surface area contributed by atoms with Gasteiger partial charge in [-0.3, -0.25) is 0 Å². The lowest BCUT2D eigenvalue weighted by Gasteiger charge is -2.38. The normalized spacial score (nSPS) is 14.2. The molecule has 2 rings (SSSR count). The van der Waals surface area contributed by atoms with Crippen molar-refractivity contribution in [3.63, 3.8) is 0 Å². The summed E-state index contributed by atoms with van der Waals surface area (Å²) in [5.74, 6) is 0.290. The lowest BCUT2D eigenvalue weighted by atomic mass is 9.80. The molecule has 0 saturated heterocycles. The number of aliphatic hydroxyl groups excluding tert-OH is 1. The van der Waals surface area contributed by atoms with E-state index in [1.807, 2.05) is 36.4 Å². The molecule has 0 aliphatic heterocycles. The smallest absolute Gasteiger partial charge is 0.0694 e. The predicted octanol–water partition coefficient (Wildman–Crippen LogP) is 3.32. The lowest BCUT2D eigenvalue weighted by molar-refractivity contribution is 0.114. The van der Waals surface area contributed by atoms with E-state index in [0.717, 1.165) is 12.1 Å². The quantitative estimate of drug-likeness (QED) is 0.843. The first-order valence-electron chi connectivity index (χ1n) is 7.14. The first-order chi connectivity index (χ1) is 9.69. The van der Waals surface area contributed by atoms with Crippen molar-refractivity contribution in [2.24, 2.45) is 5.92 Å². The van der Waals surface area contributed by atoms with E-state index in [-0.39, 0.29) is 6.61 Å². The van der Waals surface area contributed by atoms with Gasteiger partial charge in [-0.05, 0) is 17.0 Å². The van der Waals surface area contributed by atoms with Gasteiger partial charge in [0.1, 0.15) is 0 Å². The Morgan fingerprint density at radius 2 is 1.50 bits per heavy atom. The fraction of sp³-hybridized carbons (Fsp3) is 0.333. The average molecular weight is 269 g/mol. The van der Waals surface area contributed by atoms with Gasteiger partial charge in [-0.1, -0.05) is 74.5 Å². The Morgan fingerprint density at radius 1 is 0.950 bits per heavy atom. The van der Waals surface area contributed by atoms with Crippen molar-refractivity contribution >= 4 is 0 Å². The van der Waals surface area contributed by atoms with E-state index in [0.29, 0.717) is 5.92 Å². The van der Waals surface area contributed by atoms with Crippen LogP contribution in [0.3, 0.4) is 0 Å². The minimum Gasteiger partial charge on any atom is -0.394 e. The largest absolute Gasteiger partial charge is 0.394 e. The average Bonchev–Trinajstić information content (AvgIpc) is 2.50. The van der Waals surface area contributed by atoms with E-state index in [9.17, 15) is 5.11 Å². The molecule has 2 aromatic rings. The molecule has 106 valence electrons. The molecule has 2 aromatic carbocycles. The molecular weight excluding hydrogens is 246 g/mol. The van der Waals surface area contributed by atoms with Crippen LogP contribution in [0.25, 0.3) is 0 Å². The second-order valence-electron chi connectivity index (χ2n) is 5.49. The maximum absolute atomic E-state index is 10.0. The highest BCUT2D eigenvalue weighted by atomic mass is 16.3. The Hall–Kier alpha value is -1.64. The summed E-state index contributed by atoms with van der Waals surface area (Å²) in [6.07, 6.45) is 0. The molecule has 0 radical (unpaired) electrons. The number of benzene rings is 2. The van der Waals surface area contributed by atoms with Gasteiger partial charge in [-0.2, -0.15) is 0 Å². The first kappa shape index (κ1) is 14.8. The summed E-state index contributed by atoms with van der Waals surface area (Å²) in [5, 5.41) is 13.6. The van der Waals surface area contributed by atoms with Crippen molar-refractivity contribution < 1.29 is 5.11 Å². The van der Waals surface area contributed by atoms with Gasteiger partial charge in [0.05, 0.1) is 12.1 Å². The van der Waals surface area contributed by atoms with E-state index in [1.54, 1.807) is 0 Å².